The van der Waals surface area contributed by atoms with Crippen LogP contribution in [0.25, 0.3) is 10.8 Å². The normalized spacial score (nSPS) is 34.8. The molecule has 3 aliphatic rings. The van der Waals surface area contributed by atoms with Crippen LogP contribution in [0.1, 0.15) is 19.8 Å². The van der Waals surface area contributed by atoms with E-state index >= 15 is 0 Å². The molecular formula is C21H20N2O7. The van der Waals surface area contributed by atoms with Crippen molar-refractivity contribution >= 4 is 34.0 Å². The Morgan fingerprint density at radius 2 is 1.83 bits per heavy atom. The molecule has 2 aromatic rings. The molecule has 0 spiro atoms. The predicted molar refractivity (Wildman–Crippen MR) is 105 cm³/mol. The fourth-order valence-corrected chi connectivity index (χ4v) is 5.67. The summed E-state index contributed by atoms with van der Waals surface area (Å²) in [5.74, 6) is -2.66. The summed E-state index contributed by atoms with van der Waals surface area (Å²) in [6.45, 7) is 1.39. The van der Waals surface area contributed by atoms with Crippen LogP contribution in [0.4, 0.5) is 11.4 Å². The third-order valence-corrected chi connectivity index (χ3v) is 6.96. The van der Waals surface area contributed by atoms with Crippen LogP contribution in [-0.4, -0.2) is 50.9 Å². The minimum atomic E-state index is -1.22. The number of nitro groups is 1. The summed E-state index contributed by atoms with van der Waals surface area (Å²) in [6.07, 6.45) is -0.635. The number of ether oxygens (including phenoxy) is 1. The van der Waals surface area contributed by atoms with Crippen LogP contribution in [-0.2, 0) is 14.3 Å². The molecule has 0 aromatic heterocycles. The molecule has 9 heteroatoms. The number of anilines is 1. The third kappa shape index (κ3) is 2.17. The molecule has 2 amide bonds. The number of carbonyl (C=O) groups excluding carboxylic acids is 2. The molecule has 9 nitrogen and oxygen atoms in total. The number of hydrogen-bond acceptors (Lipinski definition) is 7. The van der Waals surface area contributed by atoms with Gasteiger partial charge < -0.3 is 14.9 Å². The molecular weight excluding hydrogens is 392 g/mol. The van der Waals surface area contributed by atoms with Crippen molar-refractivity contribution in [2.24, 2.45) is 11.8 Å². The van der Waals surface area contributed by atoms with E-state index < -0.39 is 45.9 Å². The molecule has 3 aliphatic heterocycles. The molecule has 2 bridgehead atoms. The zero-order valence-electron chi connectivity index (χ0n) is 16.1. The molecule has 3 fully saturated rings. The monoisotopic (exact) mass is 412 g/mol. The van der Waals surface area contributed by atoms with Crippen LogP contribution < -0.4 is 4.90 Å². The van der Waals surface area contributed by atoms with Gasteiger partial charge in [0, 0.05) is 30.9 Å². The van der Waals surface area contributed by atoms with E-state index in [1.165, 1.54) is 12.1 Å². The SMILES string of the molecule is CC12OC(CCO)(C[C@H]1O)[C@@H]1C(=O)N(c3ccc([N+](=O)[O-])c4ccccc34)C(=O)C12. The van der Waals surface area contributed by atoms with Crippen molar-refractivity contribution < 1.29 is 29.5 Å². The number of amides is 2. The Morgan fingerprint density at radius 1 is 1.17 bits per heavy atom. The van der Waals surface area contributed by atoms with Gasteiger partial charge in [0.15, 0.2) is 0 Å². The van der Waals surface area contributed by atoms with Crippen LogP contribution >= 0.6 is 0 Å². The summed E-state index contributed by atoms with van der Waals surface area (Å²) in [4.78, 5) is 39.0. The Labute approximate surface area is 171 Å². The first kappa shape index (κ1) is 19.1. The number of carbonyl (C=O) groups is 2. The van der Waals surface area contributed by atoms with Gasteiger partial charge in [0.05, 0.1) is 39.5 Å². The van der Waals surface area contributed by atoms with E-state index in [1.807, 2.05) is 0 Å². The number of benzene rings is 2. The topological polar surface area (TPSA) is 130 Å². The molecule has 30 heavy (non-hydrogen) atoms. The molecule has 2 aromatic carbocycles. The number of aliphatic hydroxyl groups is 2. The lowest BCUT2D eigenvalue weighted by molar-refractivity contribution is -0.383. The highest BCUT2D eigenvalue weighted by atomic mass is 16.6. The molecule has 2 N–H and O–H groups in total. The zero-order valence-corrected chi connectivity index (χ0v) is 16.1. The largest absolute Gasteiger partial charge is 0.396 e. The maximum atomic E-state index is 13.5. The number of nitrogens with zero attached hydrogens (tertiary/aromatic N) is 2. The molecule has 5 rings (SSSR count). The van der Waals surface area contributed by atoms with E-state index in [4.69, 9.17) is 4.74 Å². The van der Waals surface area contributed by atoms with E-state index in [-0.39, 0.29) is 30.8 Å². The number of fused-ring (bicyclic) bond motifs is 6. The van der Waals surface area contributed by atoms with Crippen molar-refractivity contribution in [3.8, 4) is 0 Å². The van der Waals surface area contributed by atoms with Gasteiger partial charge in [-0.05, 0) is 19.1 Å². The van der Waals surface area contributed by atoms with E-state index in [1.54, 1.807) is 31.2 Å². The maximum Gasteiger partial charge on any atom is 0.277 e. The van der Waals surface area contributed by atoms with E-state index in [0.29, 0.717) is 10.8 Å². The number of aliphatic hydroxyl groups excluding tert-OH is 2. The summed E-state index contributed by atoms with van der Waals surface area (Å²) in [6, 6.07) is 9.26. The highest BCUT2D eigenvalue weighted by Crippen LogP contribution is 2.62. The van der Waals surface area contributed by atoms with E-state index in [0.717, 1.165) is 4.90 Å². The third-order valence-electron chi connectivity index (χ3n) is 6.96. The minimum absolute atomic E-state index is 0.115. The van der Waals surface area contributed by atoms with Gasteiger partial charge in [0.1, 0.15) is 5.60 Å². The average Bonchev–Trinajstić information content (AvgIpc) is 3.23. The first-order valence-electron chi connectivity index (χ1n) is 9.78. The van der Waals surface area contributed by atoms with E-state index in [9.17, 15) is 29.9 Å². The second-order valence-electron chi connectivity index (χ2n) is 8.42. The Bertz CT molecular complexity index is 1120. The summed E-state index contributed by atoms with van der Waals surface area (Å²) < 4.78 is 6.06. The molecule has 3 unspecified atom stereocenters. The lowest BCUT2D eigenvalue weighted by Crippen LogP contribution is -2.49. The highest BCUT2D eigenvalue weighted by molar-refractivity contribution is 6.26. The van der Waals surface area contributed by atoms with Crippen LogP contribution in [0.15, 0.2) is 36.4 Å². The Balaban J connectivity index is 1.67. The number of hydrogen-bond donors (Lipinski definition) is 2. The molecule has 156 valence electrons. The van der Waals surface area contributed by atoms with Crippen LogP contribution in [0.2, 0.25) is 0 Å². The van der Waals surface area contributed by atoms with Crippen molar-refractivity contribution in [3.05, 3.63) is 46.5 Å². The zero-order chi connectivity index (χ0) is 21.4. The summed E-state index contributed by atoms with van der Waals surface area (Å²) in [5, 5.41) is 32.3. The molecule has 3 saturated heterocycles. The Morgan fingerprint density at radius 3 is 2.50 bits per heavy atom. The van der Waals surface area contributed by atoms with Gasteiger partial charge in [-0.1, -0.05) is 18.2 Å². The van der Waals surface area contributed by atoms with Gasteiger partial charge in [0.2, 0.25) is 11.8 Å². The van der Waals surface area contributed by atoms with Gasteiger partial charge in [0.25, 0.3) is 5.69 Å². The average molecular weight is 412 g/mol. The highest BCUT2D eigenvalue weighted by Gasteiger charge is 2.76. The maximum absolute atomic E-state index is 13.5. The van der Waals surface area contributed by atoms with Gasteiger partial charge in [-0.3, -0.25) is 19.7 Å². The molecule has 0 aliphatic carbocycles. The molecule has 0 radical (unpaired) electrons. The molecule has 3 heterocycles. The van der Waals surface area contributed by atoms with Crippen molar-refractivity contribution in [2.45, 2.75) is 37.1 Å². The summed E-state index contributed by atoms with van der Waals surface area (Å²) in [5.41, 5.74) is -2.17. The van der Waals surface area contributed by atoms with Gasteiger partial charge >= 0.3 is 0 Å². The number of non-ortho nitro benzene ring substituents is 1. The fraction of sp³-hybridized carbons (Fsp3) is 0.429. The van der Waals surface area contributed by atoms with Gasteiger partial charge in [-0.2, -0.15) is 0 Å². The van der Waals surface area contributed by atoms with Crippen molar-refractivity contribution in [1.29, 1.82) is 0 Å². The Kier molecular flexibility index (Phi) is 3.86. The van der Waals surface area contributed by atoms with Crippen molar-refractivity contribution in [1.82, 2.24) is 0 Å². The van der Waals surface area contributed by atoms with Crippen molar-refractivity contribution in [2.75, 3.05) is 11.5 Å². The summed E-state index contributed by atoms with van der Waals surface area (Å²) in [7, 11) is 0. The van der Waals surface area contributed by atoms with Crippen LogP contribution in [0, 0.1) is 22.0 Å². The summed E-state index contributed by atoms with van der Waals surface area (Å²) >= 11 is 0. The lowest BCUT2D eigenvalue weighted by atomic mass is 9.66. The number of nitro benzene ring substituents is 1. The van der Waals surface area contributed by atoms with Crippen LogP contribution in [0.3, 0.4) is 0 Å². The number of rotatable bonds is 4. The lowest BCUT2D eigenvalue weighted by Gasteiger charge is -2.33. The fourth-order valence-electron chi connectivity index (χ4n) is 5.67. The van der Waals surface area contributed by atoms with Gasteiger partial charge in [-0.15, -0.1) is 0 Å². The number of imide groups is 1. The smallest absolute Gasteiger partial charge is 0.277 e. The molecule has 0 saturated carbocycles. The van der Waals surface area contributed by atoms with Gasteiger partial charge in [-0.25, -0.2) is 4.90 Å². The second-order valence-corrected chi connectivity index (χ2v) is 8.42. The second kappa shape index (κ2) is 6.07. The van der Waals surface area contributed by atoms with Crippen LogP contribution in [0.5, 0.6) is 0 Å². The predicted octanol–water partition coefficient (Wildman–Crippen LogP) is 1.53. The van der Waals surface area contributed by atoms with Crippen molar-refractivity contribution in [3.63, 3.8) is 0 Å². The Hall–Kier alpha value is -2.88. The first-order valence-corrected chi connectivity index (χ1v) is 9.78. The molecule has 5 atom stereocenters. The minimum Gasteiger partial charge on any atom is -0.396 e. The standard InChI is InChI=1S/C21H20N2O7/c1-20-15(25)10-21(30-20,8-9-24)17-16(20)18(26)22(19(17)27)13-6-7-14(23(28)29)12-5-3-2-4-11(12)13/h2-7,15-17,24-25H,8-10H2,1H3/t15-,16?,17+,20?,21?/m1/s1. The quantitative estimate of drug-likeness (QED) is 0.442. The van der Waals surface area contributed by atoms with E-state index in [2.05, 4.69) is 0 Å². The first-order chi connectivity index (χ1) is 14.2.